The summed E-state index contributed by atoms with van der Waals surface area (Å²) in [6.07, 6.45) is 1.73. The first-order valence-electron chi connectivity index (χ1n) is 6.21. The minimum atomic E-state index is -0.927. The first-order chi connectivity index (χ1) is 10.1. The molecular formula is C14H12N4O2S. The summed E-state index contributed by atoms with van der Waals surface area (Å²) in [5, 5.41) is 19.5. The third kappa shape index (κ3) is 2.77. The Morgan fingerprint density at radius 3 is 2.67 bits per heavy atom. The minimum Gasteiger partial charge on any atom is -0.478 e. The number of carboxylic acid groups (broad SMARTS) is 1. The van der Waals surface area contributed by atoms with Gasteiger partial charge in [0, 0.05) is 12.3 Å². The van der Waals surface area contributed by atoms with E-state index >= 15 is 0 Å². The van der Waals surface area contributed by atoms with Crippen molar-refractivity contribution < 1.29 is 9.90 Å². The fourth-order valence-corrected chi connectivity index (χ4v) is 2.90. The average Bonchev–Trinajstić information content (AvgIpc) is 3.09. The van der Waals surface area contributed by atoms with E-state index in [0.29, 0.717) is 5.82 Å². The lowest BCUT2D eigenvalue weighted by Crippen LogP contribution is -1.94. The van der Waals surface area contributed by atoms with Crippen LogP contribution in [0.25, 0.3) is 10.4 Å². The molecule has 0 saturated heterocycles. The number of benzene rings is 1. The van der Waals surface area contributed by atoms with Crippen molar-refractivity contribution in [2.24, 2.45) is 0 Å². The molecule has 0 fully saturated rings. The van der Waals surface area contributed by atoms with Crippen LogP contribution in [0.15, 0.2) is 36.5 Å². The van der Waals surface area contributed by atoms with Crippen LogP contribution in [0.4, 0.5) is 10.9 Å². The average molecular weight is 300 g/mol. The quantitative estimate of drug-likeness (QED) is 0.688. The third-order valence-electron chi connectivity index (χ3n) is 2.93. The number of nitrogens with zero attached hydrogens (tertiary/aromatic N) is 2. The predicted molar refractivity (Wildman–Crippen MR) is 81.1 cm³/mol. The molecule has 3 aromatic rings. The molecule has 0 unspecified atom stereocenters. The summed E-state index contributed by atoms with van der Waals surface area (Å²) in [5.41, 5.74) is 2.11. The number of hydrogen-bond donors (Lipinski definition) is 3. The summed E-state index contributed by atoms with van der Waals surface area (Å²) in [6.45, 7) is 1.92. The molecule has 0 aliphatic heterocycles. The van der Waals surface area contributed by atoms with E-state index in [0.717, 1.165) is 21.3 Å². The van der Waals surface area contributed by atoms with Crippen LogP contribution in [0.1, 0.15) is 16.1 Å². The van der Waals surface area contributed by atoms with Crippen molar-refractivity contribution >= 4 is 28.3 Å². The highest BCUT2D eigenvalue weighted by Crippen LogP contribution is 2.33. The molecule has 2 heterocycles. The van der Waals surface area contributed by atoms with E-state index in [1.165, 1.54) is 11.3 Å². The molecule has 0 radical (unpaired) electrons. The Balaban J connectivity index is 1.88. The molecule has 106 valence electrons. The van der Waals surface area contributed by atoms with E-state index in [-0.39, 0.29) is 5.56 Å². The Morgan fingerprint density at radius 1 is 1.29 bits per heavy atom. The van der Waals surface area contributed by atoms with Gasteiger partial charge in [-0.1, -0.05) is 23.5 Å². The van der Waals surface area contributed by atoms with E-state index < -0.39 is 5.97 Å². The second-order valence-electron chi connectivity index (χ2n) is 4.40. The van der Waals surface area contributed by atoms with E-state index in [2.05, 4.69) is 20.5 Å². The number of aromatic amines is 1. The van der Waals surface area contributed by atoms with Gasteiger partial charge >= 0.3 is 5.97 Å². The topological polar surface area (TPSA) is 90.9 Å². The number of anilines is 2. The molecule has 0 bridgehead atoms. The summed E-state index contributed by atoms with van der Waals surface area (Å²) in [5.74, 6) is -0.222. The van der Waals surface area contributed by atoms with Gasteiger partial charge in [-0.2, -0.15) is 5.10 Å². The Hall–Kier alpha value is -2.67. The van der Waals surface area contributed by atoms with Crippen LogP contribution in [0.5, 0.6) is 0 Å². The van der Waals surface area contributed by atoms with Gasteiger partial charge in [0.05, 0.1) is 16.1 Å². The molecule has 0 atom stereocenters. The number of aromatic carboxylic acids is 1. The van der Waals surface area contributed by atoms with Gasteiger partial charge in [0.15, 0.2) is 10.9 Å². The highest BCUT2D eigenvalue weighted by Gasteiger charge is 2.11. The van der Waals surface area contributed by atoms with Gasteiger partial charge in [-0.05, 0) is 24.6 Å². The van der Waals surface area contributed by atoms with Crippen LogP contribution >= 0.6 is 11.3 Å². The first kappa shape index (κ1) is 13.3. The van der Waals surface area contributed by atoms with Crippen LogP contribution in [0.3, 0.4) is 0 Å². The molecule has 1 aromatic carbocycles. The SMILES string of the molecule is Cc1nc(Nc2cc[nH]n2)sc1-c1ccc(C(=O)O)cc1. The largest absolute Gasteiger partial charge is 0.478 e. The van der Waals surface area contributed by atoms with E-state index in [4.69, 9.17) is 5.11 Å². The summed E-state index contributed by atoms with van der Waals surface area (Å²) >= 11 is 1.50. The number of nitrogens with one attached hydrogen (secondary N) is 2. The Kier molecular flexibility index (Phi) is 3.41. The van der Waals surface area contributed by atoms with Crippen LogP contribution in [0, 0.1) is 6.92 Å². The summed E-state index contributed by atoms with van der Waals surface area (Å²) in [6, 6.07) is 8.60. The second kappa shape index (κ2) is 5.37. The molecule has 3 N–H and O–H groups in total. The number of hydrogen-bond acceptors (Lipinski definition) is 5. The highest BCUT2D eigenvalue weighted by atomic mass is 32.1. The number of aromatic nitrogens is 3. The lowest BCUT2D eigenvalue weighted by molar-refractivity contribution is 0.0697. The van der Waals surface area contributed by atoms with E-state index in [1.54, 1.807) is 30.5 Å². The fraction of sp³-hybridized carbons (Fsp3) is 0.0714. The van der Waals surface area contributed by atoms with Crippen LogP contribution in [-0.4, -0.2) is 26.3 Å². The number of carboxylic acids is 1. The molecule has 6 nitrogen and oxygen atoms in total. The molecule has 0 aliphatic rings. The van der Waals surface area contributed by atoms with Gasteiger partial charge in [0.25, 0.3) is 0 Å². The predicted octanol–water partition coefficient (Wildman–Crippen LogP) is 3.28. The summed E-state index contributed by atoms with van der Waals surface area (Å²) in [4.78, 5) is 16.3. The molecule has 0 amide bonds. The number of aryl methyl sites for hydroxylation is 1. The van der Waals surface area contributed by atoms with Gasteiger partial charge in [-0.15, -0.1) is 0 Å². The van der Waals surface area contributed by atoms with E-state index in [1.807, 2.05) is 13.0 Å². The number of carbonyl (C=O) groups is 1. The smallest absolute Gasteiger partial charge is 0.335 e. The van der Waals surface area contributed by atoms with E-state index in [9.17, 15) is 4.79 Å². The Labute approximate surface area is 124 Å². The van der Waals surface area contributed by atoms with Crippen LogP contribution < -0.4 is 5.32 Å². The van der Waals surface area contributed by atoms with Gasteiger partial charge < -0.3 is 10.4 Å². The summed E-state index contributed by atoms with van der Waals surface area (Å²) in [7, 11) is 0. The van der Waals surface area contributed by atoms with Crippen molar-refractivity contribution in [2.45, 2.75) is 6.92 Å². The molecule has 3 rings (SSSR count). The normalized spacial score (nSPS) is 10.5. The fourth-order valence-electron chi connectivity index (χ4n) is 1.92. The van der Waals surface area contributed by atoms with Crippen LogP contribution in [0.2, 0.25) is 0 Å². The zero-order chi connectivity index (χ0) is 14.8. The molecule has 0 spiro atoms. The lowest BCUT2D eigenvalue weighted by Gasteiger charge is -1.99. The lowest BCUT2D eigenvalue weighted by atomic mass is 10.1. The maximum Gasteiger partial charge on any atom is 0.335 e. The van der Waals surface area contributed by atoms with Crippen molar-refractivity contribution in [3.05, 3.63) is 47.8 Å². The van der Waals surface area contributed by atoms with Crippen LogP contribution in [-0.2, 0) is 0 Å². The number of thiazole rings is 1. The van der Waals surface area contributed by atoms with Crippen molar-refractivity contribution in [2.75, 3.05) is 5.32 Å². The molecule has 21 heavy (non-hydrogen) atoms. The van der Waals surface area contributed by atoms with Gasteiger partial charge in [-0.3, -0.25) is 5.10 Å². The van der Waals surface area contributed by atoms with Crippen molar-refractivity contribution in [1.82, 2.24) is 15.2 Å². The Morgan fingerprint density at radius 2 is 2.05 bits per heavy atom. The third-order valence-corrected chi connectivity index (χ3v) is 4.05. The van der Waals surface area contributed by atoms with Crippen molar-refractivity contribution in [1.29, 1.82) is 0 Å². The standard InChI is InChI=1S/C14H12N4O2S/c1-8-12(9-2-4-10(5-3-9)13(19)20)21-14(16-8)17-11-6-7-15-18-11/h2-7H,1H3,(H,19,20)(H2,15,16,17,18). The first-order valence-corrected chi connectivity index (χ1v) is 7.03. The molecule has 0 aliphatic carbocycles. The molecular weight excluding hydrogens is 288 g/mol. The Bertz CT molecular complexity index is 763. The van der Waals surface area contributed by atoms with Gasteiger partial charge in [0.1, 0.15) is 0 Å². The summed E-state index contributed by atoms with van der Waals surface area (Å²) < 4.78 is 0. The minimum absolute atomic E-state index is 0.274. The maximum atomic E-state index is 10.9. The van der Waals surface area contributed by atoms with Gasteiger partial charge in [-0.25, -0.2) is 9.78 Å². The second-order valence-corrected chi connectivity index (χ2v) is 5.40. The molecule has 2 aromatic heterocycles. The van der Waals surface area contributed by atoms with Crippen molar-refractivity contribution in [3.8, 4) is 10.4 Å². The monoisotopic (exact) mass is 300 g/mol. The number of H-pyrrole nitrogens is 1. The zero-order valence-corrected chi connectivity index (χ0v) is 11.9. The van der Waals surface area contributed by atoms with Gasteiger partial charge in [0.2, 0.25) is 0 Å². The zero-order valence-electron chi connectivity index (χ0n) is 11.1. The highest BCUT2D eigenvalue weighted by molar-refractivity contribution is 7.19. The molecule has 0 saturated carbocycles. The maximum absolute atomic E-state index is 10.9. The van der Waals surface area contributed by atoms with Crippen molar-refractivity contribution in [3.63, 3.8) is 0 Å². The molecule has 7 heteroatoms. The number of rotatable bonds is 4.